The van der Waals surface area contributed by atoms with Crippen LogP contribution in [0.3, 0.4) is 0 Å². The van der Waals surface area contributed by atoms with Crippen molar-refractivity contribution in [1.29, 1.82) is 0 Å². The van der Waals surface area contributed by atoms with Crippen molar-refractivity contribution in [2.24, 2.45) is 0 Å². The van der Waals surface area contributed by atoms with Gasteiger partial charge in [0, 0.05) is 5.69 Å². The van der Waals surface area contributed by atoms with Crippen molar-refractivity contribution < 1.29 is 14.7 Å². The van der Waals surface area contributed by atoms with Gasteiger partial charge in [0.2, 0.25) is 0 Å². The number of benzene rings is 1. The topological polar surface area (TPSA) is 66.4 Å². The SMILES string of the molecule is Cc1cc(NC(=O)c2sccc2Cl)cc(C(=O)O)c1C. The minimum atomic E-state index is -1.02. The number of aromatic carboxylic acids is 1. The van der Waals surface area contributed by atoms with Gasteiger partial charge in [-0.3, -0.25) is 4.79 Å². The Morgan fingerprint density at radius 3 is 2.55 bits per heavy atom. The van der Waals surface area contributed by atoms with E-state index in [1.165, 1.54) is 17.4 Å². The predicted octanol–water partition coefficient (Wildman–Crippen LogP) is 3.97. The summed E-state index contributed by atoms with van der Waals surface area (Å²) in [6, 6.07) is 4.83. The van der Waals surface area contributed by atoms with Crippen LogP contribution in [0.2, 0.25) is 5.02 Å². The molecule has 0 spiro atoms. The molecular formula is C14H12ClNO3S. The van der Waals surface area contributed by atoms with Crippen LogP contribution in [0.25, 0.3) is 0 Å². The molecule has 0 bridgehead atoms. The third-order valence-corrected chi connectivity index (χ3v) is 4.32. The number of carboxylic acids is 1. The van der Waals surface area contributed by atoms with Gasteiger partial charge in [0.1, 0.15) is 4.88 Å². The number of amides is 1. The van der Waals surface area contributed by atoms with Gasteiger partial charge >= 0.3 is 5.97 Å². The van der Waals surface area contributed by atoms with Gasteiger partial charge in [-0.15, -0.1) is 11.3 Å². The zero-order valence-electron chi connectivity index (χ0n) is 10.9. The van der Waals surface area contributed by atoms with Crippen LogP contribution >= 0.6 is 22.9 Å². The number of carboxylic acid groups (broad SMARTS) is 1. The molecule has 0 aliphatic carbocycles. The molecule has 2 rings (SSSR count). The molecule has 4 nitrogen and oxygen atoms in total. The highest BCUT2D eigenvalue weighted by Crippen LogP contribution is 2.25. The third kappa shape index (κ3) is 2.84. The van der Waals surface area contributed by atoms with Crippen molar-refractivity contribution in [1.82, 2.24) is 0 Å². The zero-order chi connectivity index (χ0) is 14.9. The Kier molecular flexibility index (Phi) is 4.11. The molecule has 0 aliphatic rings. The normalized spacial score (nSPS) is 10.3. The van der Waals surface area contributed by atoms with Gasteiger partial charge in [0.05, 0.1) is 10.6 Å². The summed E-state index contributed by atoms with van der Waals surface area (Å²) in [5.41, 5.74) is 2.11. The molecule has 1 aromatic carbocycles. The number of hydrogen-bond acceptors (Lipinski definition) is 3. The monoisotopic (exact) mass is 309 g/mol. The first-order valence-corrected chi connectivity index (χ1v) is 7.04. The molecule has 0 saturated heterocycles. The molecule has 1 amide bonds. The van der Waals surface area contributed by atoms with E-state index in [-0.39, 0.29) is 11.5 Å². The van der Waals surface area contributed by atoms with E-state index in [9.17, 15) is 9.59 Å². The summed E-state index contributed by atoms with van der Waals surface area (Å²) in [6.07, 6.45) is 0. The molecule has 0 radical (unpaired) electrons. The summed E-state index contributed by atoms with van der Waals surface area (Å²) >= 11 is 7.13. The van der Waals surface area contributed by atoms with Gasteiger partial charge in [-0.25, -0.2) is 4.79 Å². The number of carbonyl (C=O) groups excluding carboxylic acids is 1. The molecule has 104 valence electrons. The Morgan fingerprint density at radius 2 is 2.00 bits per heavy atom. The van der Waals surface area contributed by atoms with E-state index in [4.69, 9.17) is 16.7 Å². The molecular weight excluding hydrogens is 298 g/mol. The number of carbonyl (C=O) groups is 2. The van der Waals surface area contributed by atoms with Crippen LogP contribution in [-0.2, 0) is 0 Å². The third-order valence-electron chi connectivity index (χ3n) is 2.98. The van der Waals surface area contributed by atoms with Gasteiger partial charge in [-0.2, -0.15) is 0 Å². The van der Waals surface area contributed by atoms with Crippen LogP contribution in [0, 0.1) is 13.8 Å². The molecule has 6 heteroatoms. The van der Waals surface area contributed by atoms with Gasteiger partial charge in [0.25, 0.3) is 5.91 Å². The summed E-state index contributed by atoms with van der Waals surface area (Å²) < 4.78 is 0. The maximum Gasteiger partial charge on any atom is 0.336 e. The Morgan fingerprint density at radius 1 is 1.30 bits per heavy atom. The molecule has 2 aromatic rings. The lowest BCUT2D eigenvalue weighted by molar-refractivity contribution is 0.0695. The molecule has 0 aliphatic heterocycles. The van der Waals surface area contributed by atoms with Crippen molar-refractivity contribution in [2.75, 3.05) is 5.32 Å². The van der Waals surface area contributed by atoms with Gasteiger partial charge in [-0.1, -0.05) is 11.6 Å². The Labute approximate surface area is 125 Å². The van der Waals surface area contributed by atoms with Crippen LogP contribution in [0.1, 0.15) is 31.2 Å². The fraction of sp³-hybridized carbons (Fsp3) is 0.143. The lowest BCUT2D eigenvalue weighted by atomic mass is 10.0. The van der Waals surface area contributed by atoms with Crippen LogP contribution < -0.4 is 5.32 Å². The fourth-order valence-electron chi connectivity index (χ4n) is 1.80. The molecule has 20 heavy (non-hydrogen) atoms. The second-order valence-electron chi connectivity index (χ2n) is 4.32. The molecule has 0 fully saturated rings. The van der Waals surface area contributed by atoms with Crippen LogP contribution in [0.15, 0.2) is 23.6 Å². The Hall–Kier alpha value is -1.85. The van der Waals surface area contributed by atoms with Crippen LogP contribution in [-0.4, -0.2) is 17.0 Å². The predicted molar refractivity (Wildman–Crippen MR) is 80.2 cm³/mol. The van der Waals surface area contributed by atoms with Gasteiger partial charge in [-0.05, 0) is 48.6 Å². The standard InChI is InChI=1S/C14H12ClNO3S/c1-7-5-9(6-10(8(7)2)14(18)19)16-13(17)12-11(15)3-4-20-12/h3-6H,1-2H3,(H,16,17)(H,18,19). The fourth-order valence-corrected chi connectivity index (χ4v) is 2.83. The molecule has 0 unspecified atom stereocenters. The summed E-state index contributed by atoms with van der Waals surface area (Å²) in [7, 11) is 0. The van der Waals surface area contributed by atoms with Crippen molar-refractivity contribution >= 4 is 40.5 Å². The molecule has 0 saturated carbocycles. The largest absolute Gasteiger partial charge is 0.478 e. The summed E-state index contributed by atoms with van der Waals surface area (Å²) in [5.74, 6) is -1.36. The van der Waals surface area contributed by atoms with E-state index in [0.717, 1.165) is 5.56 Å². The first kappa shape index (κ1) is 14.6. The van der Waals surface area contributed by atoms with Crippen LogP contribution in [0.5, 0.6) is 0 Å². The number of rotatable bonds is 3. The van der Waals surface area contributed by atoms with Crippen LogP contribution in [0.4, 0.5) is 5.69 Å². The second-order valence-corrected chi connectivity index (χ2v) is 5.65. The second kappa shape index (κ2) is 5.64. The molecule has 1 aromatic heterocycles. The summed E-state index contributed by atoms with van der Waals surface area (Å²) in [5, 5.41) is 13.9. The van der Waals surface area contributed by atoms with Crippen molar-refractivity contribution in [3.8, 4) is 0 Å². The maximum absolute atomic E-state index is 12.0. The number of aryl methyl sites for hydroxylation is 1. The number of nitrogens with one attached hydrogen (secondary N) is 1. The Bertz CT molecular complexity index is 694. The highest BCUT2D eigenvalue weighted by atomic mass is 35.5. The molecule has 2 N–H and O–H groups in total. The van der Waals surface area contributed by atoms with E-state index in [2.05, 4.69) is 5.32 Å². The lowest BCUT2D eigenvalue weighted by Gasteiger charge is -2.10. The van der Waals surface area contributed by atoms with E-state index in [0.29, 0.717) is 21.2 Å². The van der Waals surface area contributed by atoms with Gasteiger partial charge in [0.15, 0.2) is 0 Å². The first-order chi connectivity index (χ1) is 9.40. The average molecular weight is 310 g/mol. The van der Waals surface area contributed by atoms with E-state index in [1.807, 2.05) is 0 Å². The van der Waals surface area contributed by atoms with Crippen molar-refractivity contribution in [2.45, 2.75) is 13.8 Å². The Balaban J connectivity index is 2.33. The highest BCUT2D eigenvalue weighted by Gasteiger charge is 2.15. The summed E-state index contributed by atoms with van der Waals surface area (Å²) in [4.78, 5) is 23.6. The minimum absolute atomic E-state index is 0.178. The maximum atomic E-state index is 12.0. The summed E-state index contributed by atoms with van der Waals surface area (Å²) in [6.45, 7) is 3.54. The average Bonchev–Trinajstić information content (AvgIpc) is 2.79. The van der Waals surface area contributed by atoms with E-state index >= 15 is 0 Å². The minimum Gasteiger partial charge on any atom is -0.478 e. The quantitative estimate of drug-likeness (QED) is 0.901. The molecule has 1 heterocycles. The van der Waals surface area contributed by atoms with Crippen molar-refractivity contribution in [3.05, 3.63) is 50.2 Å². The smallest absolute Gasteiger partial charge is 0.336 e. The molecule has 0 atom stereocenters. The van der Waals surface area contributed by atoms with E-state index in [1.54, 1.807) is 31.4 Å². The van der Waals surface area contributed by atoms with Crippen molar-refractivity contribution in [3.63, 3.8) is 0 Å². The number of halogens is 1. The van der Waals surface area contributed by atoms with E-state index < -0.39 is 5.97 Å². The number of hydrogen-bond donors (Lipinski definition) is 2. The zero-order valence-corrected chi connectivity index (χ0v) is 12.4. The lowest BCUT2D eigenvalue weighted by Crippen LogP contribution is -2.12. The number of anilines is 1. The van der Waals surface area contributed by atoms with Gasteiger partial charge < -0.3 is 10.4 Å². The number of thiophene rings is 1. The first-order valence-electron chi connectivity index (χ1n) is 5.79. The highest BCUT2D eigenvalue weighted by molar-refractivity contribution is 7.12.